The lowest BCUT2D eigenvalue weighted by atomic mass is 10.2. The van der Waals surface area contributed by atoms with Crippen LogP contribution in [0.5, 0.6) is 0 Å². The molecule has 1 saturated heterocycles. The Bertz CT molecular complexity index is 658. The molecule has 1 aromatic heterocycles. The van der Waals surface area contributed by atoms with Gasteiger partial charge in [-0.2, -0.15) is 0 Å². The Morgan fingerprint density at radius 2 is 2.00 bits per heavy atom. The summed E-state index contributed by atoms with van der Waals surface area (Å²) in [6, 6.07) is 0.0255. The summed E-state index contributed by atoms with van der Waals surface area (Å²) in [5.41, 5.74) is 2.03. The van der Waals surface area contributed by atoms with Crippen LogP contribution in [0.15, 0.2) is 5.16 Å². The van der Waals surface area contributed by atoms with Crippen molar-refractivity contribution in [1.29, 1.82) is 0 Å². The van der Waals surface area contributed by atoms with Gasteiger partial charge in [0.1, 0.15) is 18.0 Å². The van der Waals surface area contributed by atoms with Crippen molar-refractivity contribution in [2.24, 2.45) is 0 Å². The highest BCUT2D eigenvalue weighted by atomic mass is 32.2. The minimum absolute atomic E-state index is 0.00153. The minimum Gasteiger partial charge on any atom is -0.394 e. The van der Waals surface area contributed by atoms with Crippen LogP contribution in [0, 0.1) is 13.8 Å². The number of thioether (sulfide) groups is 1. The fourth-order valence-electron chi connectivity index (χ4n) is 3.62. The van der Waals surface area contributed by atoms with E-state index < -0.39 is 5.79 Å². The molecule has 27 heavy (non-hydrogen) atoms. The van der Waals surface area contributed by atoms with Crippen LogP contribution in [0.4, 0.5) is 5.82 Å². The average molecular weight is 398 g/mol. The number of ether oxygens (including phenoxy) is 3. The van der Waals surface area contributed by atoms with E-state index in [1.54, 1.807) is 11.8 Å². The first-order chi connectivity index (χ1) is 12.8. The maximum absolute atomic E-state index is 9.11. The van der Waals surface area contributed by atoms with Gasteiger partial charge in [0.05, 0.1) is 25.4 Å². The Balaban J connectivity index is 1.79. The maximum atomic E-state index is 9.11. The highest BCUT2D eigenvalue weighted by Crippen LogP contribution is 2.41. The third-order valence-electron chi connectivity index (χ3n) is 4.96. The van der Waals surface area contributed by atoms with Gasteiger partial charge in [0.15, 0.2) is 10.9 Å². The number of anilines is 1. The van der Waals surface area contributed by atoms with E-state index in [9.17, 15) is 0 Å². The number of aliphatic hydroxyl groups is 1. The van der Waals surface area contributed by atoms with Gasteiger partial charge in [-0.3, -0.25) is 0 Å². The van der Waals surface area contributed by atoms with E-state index in [-0.39, 0.29) is 31.0 Å². The molecule has 0 spiro atoms. The van der Waals surface area contributed by atoms with Crippen molar-refractivity contribution in [3.63, 3.8) is 0 Å². The molecule has 0 bridgehead atoms. The van der Waals surface area contributed by atoms with Gasteiger partial charge in [0.2, 0.25) is 0 Å². The molecule has 0 unspecified atom stereocenters. The SMILES string of the molecule is CCCSc1nc(C)c(C)c(N[C@@H]2C[C@H](OCCO)[C@H]3OC(C)(C)O[C@H]32)n1. The lowest BCUT2D eigenvalue weighted by Crippen LogP contribution is -2.35. The second kappa shape index (κ2) is 8.61. The van der Waals surface area contributed by atoms with Crippen LogP contribution < -0.4 is 5.32 Å². The van der Waals surface area contributed by atoms with Gasteiger partial charge >= 0.3 is 0 Å². The van der Waals surface area contributed by atoms with E-state index in [1.807, 2.05) is 27.7 Å². The number of aliphatic hydroxyl groups excluding tert-OH is 1. The van der Waals surface area contributed by atoms with E-state index in [0.29, 0.717) is 6.61 Å². The van der Waals surface area contributed by atoms with Crippen LogP contribution in [-0.2, 0) is 14.2 Å². The number of nitrogens with zero attached hydrogens (tertiary/aromatic N) is 2. The number of fused-ring (bicyclic) bond motifs is 1. The molecule has 0 aromatic carbocycles. The number of aromatic nitrogens is 2. The highest BCUT2D eigenvalue weighted by molar-refractivity contribution is 7.99. The molecule has 2 N–H and O–H groups in total. The van der Waals surface area contributed by atoms with E-state index >= 15 is 0 Å². The van der Waals surface area contributed by atoms with Crippen molar-refractivity contribution in [2.45, 2.75) is 82.8 Å². The number of nitrogens with one attached hydrogen (secondary N) is 1. The molecule has 1 aliphatic carbocycles. The van der Waals surface area contributed by atoms with E-state index in [2.05, 4.69) is 17.2 Å². The van der Waals surface area contributed by atoms with Gasteiger partial charge in [-0.05, 0) is 40.5 Å². The van der Waals surface area contributed by atoms with E-state index in [4.69, 9.17) is 24.3 Å². The largest absolute Gasteiger partial charge is 0.394 e. The molecule has 0 amide bonds. The first-order valence-corrected chi connectivity index (χ1v) is 10.7. The summed E-state index contributed by atoms with van der Waals surface area (Å²) < 4.78 is 18.1. The number of hydrogen-bond acceptors (Lipinski definition) is 8. The average Bonchev–Trinajstić information content (AvgIpc) is 3.09. The van der Waals surface area contributed by atoms with Crippen LogP contribution in [0.2, 0.25) is 0 Å². The fourth-order valence-corrected chi connectivity index (χ4v) is 4.36. The fraction of sp³-hybridized carbons (Fsp3) is 0.789. The molecule has 2 aliphatic rings. The van der Waals surface area contributed by atoms with Gasteiger partial charge in [-0.15, -0.1) is 0 Å². The summed E-state index contributed by atoms with van der Waals surface area (Å²) in [6.07, 6.45) is 1.44. The number of rotatable bonds is 8. The van der Waals surface area contributed by atoms with E-state index in [0.717, 1.165) is 40.8 Å². The minimum atomic E-state index is -0.644. The van der Waals surface area contributed by atoms with Crippen molar-refractivity contribution in [2.75, 3.05) is 24.3 Å². The normalized spacial score (nSPS) is 29.1. The molecule has 7 nitrogen and oxygen atoms in total. The molecule has 8 heteroatoms. The van der Waals surface area contributed by atoms with Crippen molar-refractivity contribution < 1.29 is 19.3 Å². The highest BCUT2D eigenvalue weighted by Gasteiger charge is 2.54. The van der Waals surface area contributed by atoms with Crippen LogP contribution >= 0.6 is 11.8 Å². The van der Waals surface area contributed by atoms with Crippen LogP contribution in [-0.4, -0.2) is 64.2 Å². The van der Waals surface area contributed by atoms with Crippen LogP contribution in [0.3, 0.4) is 0 Å². The molecule has 1 aromatic rings. The summed E-state index contributed by atoms with van der Waals surface area (Å²) in [6.45, 7) is 10.3. The molecule has 4 atom stereocenters. The molecule has 3 rings (SSSR count). The second-order valence-electron chi connectivity index (χ2n) is 7.60. The van der Waals surface area contributed by atoms with Crippen LogP contribution in [0.1, 0.15) is 44.9 Å². The zero-order valence-corrected chi connectivity index (χ0v) is 17.6. The molecule has 0 radical (unpaired) electrons. The lowest BCUT2D eigenvalue weighted by Gasteiger charge is -2.25. The molecule has 2 heterocycles. The standard InChI is InChI=1S/C19H31N3O4S/c1-6-9-27-18-20-12(3)11(2)17(22-18)21-13-10-14(24-8-7-23)16-15(13)25-19(4,5)26-16/h13-16,23H,6-10H2,1-5H3,(H,20,21,22)/t13-,14+,15+,16-/m1/s1. The molecule has 1 aliphatic heterocycles. The van der Waals surface area contributed by atoms with Crippen molar-refractivity contribution >= 4 is 17.6 Å². The summed E-state index contributed by atoms with van der Waals surface area (Å²) in [5.74, 6) is 1.20. The van der Waals surface area contributed by atoms with Crippen LogP contribution in [0.25, 0.3) is 0 Å². The Hall–Kier alpha value is -0.930. The quantitative estimate of drug-likeness (QED) is 0.512. The van der Waals surface area contributed by atoms with E-state index in [1.165, 1.54) is 0 Å². The summed E-state index contributed by atoms with van der Waals surface area (Å²) in [4.78, 5) is 9.33. The summed E-state index contributed by atoms with van der Waals surface area (Å²) in [5, 5.41) is 13.5. The first kappa shape index (κ1) is 20.8. The Labute approximate surface area is 165 Å². The van der Waals surface area contributed by atoms with Gasteiger partial charge in [0, 0.05) is 17.0 Å². The lowest BCUT2D eigenvalue weighted by molar-refractivity contribution is -0.167. The molecule has 1 saturated carbocycles. The smallest absolute Gasteiger partial charge is 0.189 e. The van der Waals surface area contributed by atoms with Crippen molar-refractivity contribution in [3.05, 3.63) is 11.3 Å². The molecule has 2 fully saturated rings. The zero-order valence-electron chi connectivity index (χ0n) is 16.8. The van der Waals surface area contributed by atoms with Gasteiger partial charge in [-0.1, -0.05) is 18.7 Å². The van der Waals surface area contributed by atoms with Crippen molar-refractivity contribution in [1.82, 2.24) is 9.97 Å². The predicted octanol–water partition coefficient (Wildman–Crippen LogP) is 2.68. The summed E-state index contributed by atoms with van der Waals surface area (Å²) >= 11 is 1.68. The Morgan fingerprint density at radius 1 is 1.26 bits per heavy atom. The predicted molar refractivity (Wildman–Crippen MR) is 105 cm³/mol. The zero-order chi connectivity index (χ0) is 19.6. The Kier molecular flexibility index (Phi) is 6.63. The third kappa shape index (κ3) is 4.74. The van der Waals surface area contributed by atoms with Gasteiger partial charge in [0.25, 0.3) is 0 Å². The third-order valence-corrected chi connectivity index (χ3v) is 6.02. The molecular formula is C19H31N3O4S. The first-order valence-electron chi connectivity index (χ1n) is 9.67. The molecular weight excluding hydrogens is 366 g/mol. The molecule has 152 valence electrons. The van der Waals surface area contributed by atoms with Gasteiger partial charge < -0.3 is 24.6 Å². The summed E-state index contributed by atoms with van der Waals surface area (Å²) in [7, 11) is 0. The number of hydrogen-bond donors (Lipinski definition) is 2. The monoisotopic (exact) mass is 397 g/mol. The topological polar surface area (TPSA) is 85.7 Å². The van der Waals surface area contributed by atoms with Crippen molar-refractivity contribution in [3.8, 4) is 0 Å². The maximum Gasteiger partial charge on any atom is 0.189 e. The Morgan fingerprint density at radius 3 is 2.70 bits per heavy atom. The van der Waals surface area contributed by atoms with Gasteiger partial charge in [-0.25, -0.2) is 9.97 Å². The second-order valence-corrected chi connectivity index (χ2v) is 8.66. The number of aryl methyl sites for hydroxylation is 1.